The number of benzene rings is 8. The molecule has 0 bridgehead atoms. The van der Waals surface area contributed by atoms with Gasteiger partial charge in [0.15, 0.2) is 0 Å². The molecular weight excluding hydrogens is 615 g/mol. The largest absolute Gasteiger partial charge is 0.455 e. The lowest BCUT2D eigenvalue weighted by Gasteiger charge is -2.26. The molecule has 2 nitrogen and oxygen atoms in total. The number of anilines is 3. The minimum Gasteiger partial charge on any atom is -0.455 e. The summed E-state index contributed by atoms with van der Waals surface area (Å²) in [5.41, 5.74) is 9.75. The van der Waals surface area contributed by atoms with Crippen LogP contribution in [0.5, 0.6) is 0 Å². The maximum Gasteiger partial charge on any atom is 0.143 e. The van der Waals surface area contributed by atoms with Gasteiger partial charge in [-0.05, 0) is 76.0 Å². The Morgan fingerprint density at radius 2 is 1.10 bits per heavy atom. The highest BCUT2D eigenvalue weighted by Crippen LogP contribution is 2.43. The third kappa shape index (κ3) is 4.62. The van der Waals surface area contributed by atoms with E-state index in [1.165, 1.54) is 42.1 Å². The summed E-state index contributed by atoms with van der Waals surface area (Å²) >= 11 is 1.88. The summed E-state index contributed by atoms with van der Waals surface area (Å²) < 4.78 is 9.06. The monoisotopic (exact) mass is 643 g/mol. The van der Waals surface area contributed by atoms with Crippen LogP contribution in [0, 0.1) is 0 Å². The quantitative estimate of drug-likeness (QED) is 0.186. The van der Waals surface area contributed by atoms with E-state index in [1.807, 2.05) is 23.5 Å². The highest BCUT2D eigenvalue weighted by atomic mass is 32.1. The smallest absolute Gasteiger partial charge is 0.143 e. The lowest BCUT2D eigenvalue weighted by atomic mass is 10.0. The van der Waals surface area contributed by atoms with Crippen molar-refractivity contribution in [2.45, 2.75) is 0 Å². The van der Waals surface area contributed by atoms with E-state index in [2.05, 4.69) is 169 Å². The SMILES string of the molecule is c1ccc(-c2cccc(N(c3ccc(-c4cccc5c4oc4ccccc45)cc3)c3ccc4c(ccc5c6ccccc6sc45)c3)c2)cc1. The summed E-state index contributed by atoms with van der Waals surface area (Å²) in [6.45, 7) is 0. The first-order valence-corrected chi connectivity index (χ1v) is 17.4. The Bertz CT molecular complexity index is 2830. The number of thiophene rings is 1. The minimum absolute atomic E-state index is 0.912. The van der Waals surface area contributed by atoms with Crippen molar-refractivity contribution in [3.8, 4) is 22.3 Å². The molecule has 49 heavy (non-hydrogen) atoms. The zero-order valence-corrected chi connectivity index (χ0v) is 27.3. The van der Waals surface area contributed by atoms with Crippen molar-refractivity contribution in [1.82, 2.24) is 0 Å². The van der Waals surface area contributed by atoms with E-state index in [-0.39, 0.29) is 0 Å². The molecule has 0 unspecified atom stereocenters. The summed E-state index contributed by atoms with van der Waals surface area (Å²) in [7, 11) is 0. The normalized spacial score (nSPS) is 11.7. The zero-order chi connectivity index (χ0) is 32.3. The Morgan fingerprint density at radius 3 is 2.00 bits per heavy atom. The van der Waals surface area contributed by atoms with E-state index < -0.39 is 0 Å². The molecule has 0 saturated carbocycles. The van der Waals surface area contributed by atoms with E-state index in [4.69, 9.17) is 4.42 Å². The first-order valence-electron chi connectivity index (χ1n) is 16.6. The molecular formula is C46H29NOS. The molecule has 0 atom stereocenters. The van der Waals surface area contributed by atoms with Gasteiger partial charge in [0.1, 0.15) is 11.2 Å². The van der Waals surface area contributed by atoms with Crippen LogP contribution in [0.15, 0.2) is 180 Å². The summed E-state index contributed by atoms with van der Waals surface area (Å²) in [6, 6.07) is 63.2. The first kappa shape index (κ1) is 27.9. The van der Waals surface area contributed by atoms with Crippen molar-refractivity contribution >= 4 is 81.3 Å². The Kier molecular flexibility index (Phi) is 6.39. The number of nitrogens with zero attached hydrogens (tertiary/aromatic N) is 1. The fourth-order valence-electron chi connectivity index (χ4n) is 7.30. The molecule has 2 heterocycles. The second-order valence-electron chi connectivity index (χ2n) is 12.5. The Hall–Kier alpha value is -6.16. The molecule has 0 aliphatic heterocycles. The number of rotatable bonds is 5. The maximum absolute atomic E-state index is 6.39. The Labute approximate surface area is 287 Å². The second-order valence-corrected chi connectivity index (χ2v) is 13.6. The predicted octanol–water partition coefficient (Wildman–Crippen LogP) is 13.9. The van der Waals surface area contributed by atoms with Crippen molar-refractivity contribution < 1.29 is 4.42 Å². The minimum atomic E-state index is 0.912. The van der Waals surface area contributed by atoms with Gasteiger partial charge >= 0.3 is 0 Å². The second kappa shape index (κ2) is 11.2. The first-order chi connectivity index (χ1) is 24.3. The van der Waals surface area contributed by atoms with Gasteiger partial charge in [0.2, 0.25) is 0 Å². The number of furan rings is 1. The molecule has 0 N–H and O–H groups in total. The van der Waals surface area contributed by atoms with Gasteiger partial charge in [-0.1, -0.05) is 127 Å². The third-order valence-electron chi connectivity index (χ3n) is 9.65. The lowest BCUT2D eigenvalue weighted by Crippen LogP contribution is -2.10. The van der Waals surface area contributed by atoms with Crippen LogP contribution >= 0.6 is 11.3 Å². The summed E-state index contributed by atoms with van der Waals surface area (Å²) in [5, 5.41) is 7.45. The van der Waals surface area contributed by atoms with Gasteiger partial charge in [-0.15, -0.1) is 11.3 Å². The highest BCUT2D eigenvalue weighted by Gasteiger charge is 2.17. The highest BCUT2D eigenvalue weighted by molar-refractivity contribution is 7.26. The Balaban J connectivity index is 1.12. The summed E-state index contributed by atoms with van der Waals surface area (Å²) in [4.78, 5) is 2.37. The fraction of sp³-hybridized carbons (Fsp3) is 0. The van der Waals surface area contributed by atoms with Gasteiger partial charge in [-0.3, -0.25) is 0 Å². The molecule has 10 aromatic rings. The van der Waals surface area contributed by atoms with Crippen LogP contribution in [0.4, 0.5) is 17.1 Å². The number of fused-ring (bicyclic) bond motifs is 8. The predicted molar refractivity (Wildman–Crippen MR) is 210 cm³/mol. The van der Waals surface area contributed by atoms with Gasteiger partial charge < -0.3 is 9.32 Å². The van der Waals surface area contributed by atoms with E-state index in [1.54, 1.807) is 0 Å². The topological polar surface area (TPSA) is 16.4 Å². The molecule has 3 heteroatoms. The van der Waals surface area contributed by atoms with Gasteiger partial charge in [-0.2, -0.15) is 0 Å². The standard InChI is InChI=1S/C46H29NOS/c1-2-10-30(11-3-1)32-12-8-13-35(28-32)47(36-25-27-38-33(29-36)22-26-42-40-15-5-7-19-44(40)49-46(38)42)34-23-20-31(21-24-34)37-16-9-17-41-39-14-4-6-18-43(39)48-45(37)41/h1-29H. The fourth-order valence-corrected chi connectivity index (χ4v) is 8.54. The van der Waals surface area contributed by atoms with Crippen LogP contribution in [-0.2, 0) is 0 Å². The molecule has 0 aliphatic rings. The number of hydrogen-bond acceptors (Lipinski definition) is 3. The molecule has 10 rings (SSSR count). The van der Waals surface area contributed by atoms with Gasteiger partial charge in [0.25, 0.3) is 0 Å². The Morgan fingerprint density at radius 1 is 0.408 bits per heavy atom. The van der Waals surface area contributed by atoms with Crippen LogP contribution < -0.4 is 4.90 Å². The third-order valence-corrected chi connectivity index (χ3v) is 10.9. The molecule has 0 radical (unpaired) electrons. The van der Waals surface area contributed by atoms with Gasteiger partial charge in [0.05, 0.1) is 0 Å². The van der Waals surface area contributed by atoms with Crippen molar-refractivity contribution in [2.24, 2.45) is 0 Å². The lowest BCUT2D eigenvalue weighted by molar-refractivity contribution is 0.670. The summed E-state index contributed by atoms with van der Waals surface area (Å²) in [5.74, 6) is 0. The molecule has 0 saturated heterocycles. The van der Waals surface area contributed by atoms with Gasteiger partial charge in [-0.25, -0.2) is 0 Å². The van der Waals surface area contributed by atoms with Crippen LogP contribution in [0.25, 0.3) is 75.1 Å². The average Bonchev–Trinajstić information content (AvgIpc) is 3.75. The van der Waals surface area contributed by atoms with Crippen LogP contribution in [0.3, 0.4) is 0 Å². The van der Waals surface area contributed by atoms with E-state index in [0.29, 0.717) is 0 Å². The van der Waals surface area contributed by atoms with Crippen molar-refractivity contribution in [2.75, 3.05) is 4.90 Å². The van der Waals surface area contributed by atoms with E-state index in [0.717, 1.165) is 50.1 Å². The van der Waals surface area contributed by atoms with E-state index >= 15 is 0 Å². The molecule has 0 spiro atoms. The van der Waals surface area contributed by atoms with E-state index in [9.17, 15) is 0 Å². The molecule has 230 valence electrons. The molecule has 0 aliphatic carbocycles. The molecule has 0 fully saturated rings. The van der Waals surface area contributed by atoms with Crippen LogP contribution in [-0.4, -0.2) is 0 Å². The number of hydrogen-bond donors (Lipinski definition) is 0. The zero-order valence-electron chi connectivity index (χ0n) is 26.5. The van der Waals surface area contributed by atoms with Crippen LogP contribution in [0.2, 0.25) is 0 Å². The van der Waals surface area contributed by atoms with Crippen molar-refractivity contribution in [3.05, 3.63) is 176 Å². The van der Waals surface area contributed by atoms with Crippen LogP contribution in [0.1, 0.15) is 0 Å². The number of para-hydroxylation sites is 2. The maximum atomic E-state index is 6.39. The summed E-state index contributed by atoms with van der Waals surface area (Å²) in [6.07, 6.45) is 0. The van der Waals surface area contributed by atoms with Crippen molar-refractivity contribution in [3.63, 3.8) is 0 Å². The average molecular weight is 644 g/mol. The van der Waals surface area contributed by atoms with Crippen molar-refractivity contribution in [1.29, 1.82) is 0 Å². The molecule has 2 aromatic heterocycles. The molecule has 8 aromatic carbocycles. The molecule has 0 amide bonds. The van der Waals surface area contributed by atoms with Gasteiger partial charge in [0, 0.05) is 53.6 Å².